The maximum absolute atomic E-state index is 11.9. The Morgan fingerprint density at radius 2 is 1.36 bits per heavy atom. The lowest BCUT2D eigenvalue weighted by molar-refractivity contribution is -0.148. The van der Waals surface area contributed by atoms with Gasteiger partial charge < -0.3 is 4.74 Å². The number of rotatable bonds is 8. The van der Waals surface area contributed by atoms with Crippen molar-refractivity contribution in [2.75, 3.05) is 6.61 Å². The molecule has 0 saturated carbocycles. The van der Waals surface area contributed by atoms with Gasteiger partial charge in [0.05, 0.1) is 10.6 Å². The SMILES string of the molecule is O=C(COC(=O)CCCC(=O)NNC(=O)c1ccccc1Cl)NNC(=O)c1ccc(Cl)cc1. The molecule has 2 aromatic rings. The number of amides is 4. The number of ether oxygens (including phenoxy) is 1. The summed E-state index contributed by atoms with van der Waals surface area (Å²) < 4.78 is 4.77. The first-order valence-corrected chi connectivity index (χ1v) is 10.4. The van der Waals surface area contributed by atoms with Gasteiger partial charge in [-0.05, 0) is 42.8 Å². The van der Waals surface area contributed by atoms with Gasteiger partial charge >= 0.3 is 5.97 Å². The molecule has 0 spiro atoms. The van der Waals surface area contributed by atoms with E-state index in [1.807, 2.05) is 0 Å². The summed E-state index contributed by atoms with van der Waals surface area (Å²) in [4.78, 5) is 58.9. The van der Waals surface area contributed by atoms with Crippen molar-refractivity contribution in [3.63, 3.8) is 0 Å². The maximum atomic E-state index is 11.9. The van der Waals surface area contributed by atoms with E-state index in [0.29, 0.717) is 5.02 Å². The van der Waals surface area contributed by atoms with Crippen molar-refractivity contribution in [2.24, 2.45) is 0 Å². The van der Waals surface area contributed by atoms with Crippen molar-refractivity contribution < 1.29 is 28.7 Å². The van der Waals surface area contributed by atoms with Crippen LogP contribution in [-0.4, -0.2) is 36.2 Å². The quantitative estimate of drug-likeness (QED) is 0.326. The van der Waals surface area contributed by atoms with Crippen LogP contribution in [0.2, 0.25) is 10.0 Å². The van der Waals surface area contributed by atoms with E-state index >= 15 is 0 Å². The zero-order valence-corrected chi connectivity index (χ0v) is 18.7. The molecule has 10 nitrogen and oxygen atoms in total. The molecule has 0 atom stereocenters. The molecule has 0 unspecified atom stereocenters. The Balaban J connectivity index is 1.58. The number of halogens is 2. The molecule has 0 fully saturated rings. The summed E-state index contributed by atoms with van der Waals surface area (Å²) in [5.74, 6) is -3.12. The second kappa shape index (κ2) is 13.0. The molecule has 2 rings (SSSR count). The first-order valence-electron chi connectivity index (χ1n) is 9.60. The Hall–Kier alpha value is -3.63. The van der Waals surface area contributed by atoms with Gasteiger partial charge in [0.25, 0.3) is 17.7 Å². The van der Waals surface area contributed by atoms with Gasteiger partial charge in [0.15, 0.2) is 6.61 Å². The molecule has 2 aromatic carbocycles. The topological polar surface area (TPSA) is 143 Å². The summed E-state index contributed by atoms with van der Waals surface area (Å²) in [6.07, 6.45) is -0.0703. The van der Waals surface area contributed by atoms with Crippen LogP contribution in [0.3, 0.4) is 0 Å². The minimum Gasteiger partial charge on any atom is -0.455 e. The van der Waals surface area contributed by atoms with Gasteiger partial charge in [-0.2, -0.15) is 0 Å². The Morgan fingerprint density at radius 1 is 0.727 bits per heavy atom. The standard InChI is InChI=1S/C21H20Cl2N4O6/c22-14-10-8-13(9-11-14)20(31)26-25-18(29)12-33-19(30)7-3-6-17(28)24-27-21(32)15-4-1-2-5-16(15)23/h1-2,4-5,8-11H,3,6-7,12H2,(H,24,28)(H,25,29)(H,26,31)(H,27,32). The molecule has 4 amide bonds. The Morgan fingerprint density at radius 3 is 2.06 bits per heavy atom. The number of benzene rings is 2. The Kier molecular flexibility index (Phi) is 10.1. The average molecular weight is 495 g/mol. The summed E-state index contributed by atoms with van der Waals surface area (Å²) in [7, 11) is 0. The number of nitrogens with one attached hydrogen (secondary N) is 4. The number of hydrogen-bond acceptors (Lipinski definition) is 6. The second-order valence-electron chi connectivity index (χ2n) is 6.51. The molecule has 0 aliphatic rings. The monoisotopic (exact) mass is 494 g/mol. The van der Waals surface area contributed by atoms with Crippen LogP contribution in [0.1, 0.15) is 40.0 Å². The van der Waals surface area contributed by atoms with Crippen LogP contribution < -0.4 is 21.7 Å². The van der Waals surface area contributed by atoms with Crippen LogP contribution in [-0.2, 0) is 19.1 Å². The summed E-state index contributed by atoms with van der Waals surface area (Å²) in [5.41, 5.74) is 9.19. The summed E-state index contributed by atoms with van der Waals surface area (Å²) in [6.45, 7) is -0.611. The molecule has 0 heterocycles. The minimum atomic E-state index is -0.745. The highest BCUT2D eigenvalue weighted by Crippen LogP contribution is 2.14. The van der Waals surface area contributed by atoms with Gasteiger partial charge in [-0.1, -0.05) is 35.3 Å². The largest absolute Gasteiger partial charge is 0.455 e. The van der Waals surface area contributed by atoms with E-state index in [1.54, 1.807) is 12.1 Å². The molecule has 12 heteroatoms. The van der Waals surface area contributed by atoms with Crippen molar-refractivity contribution >= 4 is 52.8 Å². The lowest BCUT2D eigenvalue weighted by atomic mass is 10.2. The van der Waals surface area contributed by atoms with Crippen LogP contribution in [0, 0.1) is 0 Å². The highest BCUT2D eigenvalue weighted by atomic mass is 35.5. The summed E-state index contributed by atoms with van der Waals surface area (Å²) >= 11 is 11.6. The summed E-state index contributed by atoms with van der Waals surface area (Å²) in [5, 5.41) is 0.697. The lowest BCUT2D eigenvalue weighted by Crippen LogP contribution is -2.43. The molecule has 0 aromatic heterocycles. The van der Waals surface area contributed by atoms with Crippen molar-refractivity contribution in [3.8, 4) is 0 Å². The minimum absolute atomic E-state index is 0.0682. The van der Waals surface area contributed by atoms with E-state index in [9.17, 15) is 24.0 Å². The van der Waals surface area contributed by atoms with Crippen molar-refractivity contribution in [1.82, 2.24) is 21.7 Å². The first kappa shape index (κ1) is 25.6. The molecule has 0 saturated heterocycles. The van der Waals surface area contributed by atoms with Crippen molar-refractivity contribution in [2.45, 2.75) is 19.3 Å². The van der Waals surface area contributed by atoms with Gasteiger partial charge in [-0.25, -0.2) is 0 Å². The fourth-order valence-electron chi connectivity index (χ4n) is 2.35. The molecule has 0 radical (unpaired) electrons. The van der Waals surface area contributed by atoms with Crippen LogP contribution in [0.5, 0.6) is 0 Å². The highest BCUT2D eigenvalue weighted by Gasteiger charge is 2.13. The van der Waals surface area contributed by atoms with E-state index in [4.69, 9.17) is 27.9 Å². The molecule has 174 valence electrons. The first-order chi connectivity index (χ1) is 15.8. The number of carbonyl (C=O) groups is 5. The van der Waals surface area contributed by atoms with Gasteiger partial charge in [-0.15, -0.1) is 0 Å². The van der Waals surface area contributed by atoms with Gasteiger partial charge in [-0.3, -0.25) is 45.7 Å². The zero-order chi connectivity index (χ0) is 24.2. The Labute approximate surface area is 198 Å². The fourth-order valence-corrected chi connectivity index (χ4v) is 2.70. The van der Waals surface area contributed by atoms with Crippen molar-refractivity contribution in [1.29, 1.82) is 0 Å². The fraction of sp³-hybridized carbons (Fsp3) is 0.190. The van der Waals surface area contributed by atoms with Gasteiger partial charge in [0.1, 0.15) is 0 Å². The van der Waals surface area contributed by atoms with Gasteiger partial charge in [0.2, 0.25) is 5.91 Å². The predicted molar refractivity (Wildman–Crippen MR) is 119 cm³/mol. The molecule has 0 aliphatic carbocycles. The van der Waals surface area contributed by atoms with E-state index in [2.05, 4.69) is 21.7 Å². The van der Waals surface area contributed by atoms with E-state index in [0.717, 1.165) is 0 Å². The maximum Gasteiger partial charge on any atom is 0.306 e. The number of esters is 1. The number of hydrazine groups is 2. The van der Waals surface area contributed by atoms with Gasteiger partial charge in [0, 0.05) is 23.4 Å². The number of carbonyl (C=O) groups excluding carboxylic acids is 5. The van der Waals surface area contributed by atoms with Crippen LogP contribution in [0.25, 0.3) is 0 Å². The van der Waals surface area contributed by atoms with E-state index in [-0.39, 0.29) is 35.4 Å². The van der Waals surface area contributed by atoms with E-state index in [1.165, 1.54) is 36.4 Å². The molecular formula is C21H20Cl2N4O6. The third-order valence-corrected chi connectivity index (χ3v) is 4.59. The van der Waals surface area contributed by atoms with Crippen LogP contribution >= 0.6 is 23.2 Å². The van der Waals surface area contributed by atoms with Crippen LogP contribution in [0.4, 0.5) is 0 Å². The molecule has 0 bridgehead atoms. The summed E-state index contributed by atoms with van der Waals surface area (Å²) in [6, 6.07) is 12.3. The normalized spacial score (nSPS) is 10.0. The van der Waals surface area contributed by atoms with Crippen molar-refractivity contribution in [3.05, 3.63) is 69.7 Å². The second-order valence-corrected chi connectivity index (χ2v) is 7.35. The van der Waals surface area contributed by atoms with Crippen LogP contribution in [0.15, 0.2) is 48.5 Å². The molecule has 33 heavy (non-hydrogen) atoms. The smallest absolute Gasteiger partial charge is 0.306 e. The highest BCUT2D eigenvalue weighted by molar-refractivity contribution is 6.33. The molecule has 0 aliphatic heterocycles. The van der Waals surface area contributed by atoms with E-state index < -0.39 is 36.2 Å². The third-order valence-electron chi connectivity index (χ3n) is 4.00. The average Bonchev–Trinajstić information content (AvgIpc) is 2.80. The predicted octanol–water partition coefficient (Wildman–Crippen LogP) is 1.93. The molecular weight excluding hydrogens is 475 g/mol. The Bertz CT molecular complexity index is 1030. The number of hydrogen-bond donors (Lipinski definition) is 4. The zero-order valence-electron chi connectivity index (χ0n) is 17.2. The molecule has 4 N–H and O–H groups in total. The lowest BCUT2D eigenvalue weighted by Gasteiger charge is -2.09. The third kappa shape index (κ3) is 9.17.